The molecule has 0 bridgehead atoms. The van der Waals surface area contributed by atoms with Crippen molar-refractivity contribution in [2.75, 3.05) is 4.72 Å². The van der Waals surface area contributed by atoms with Crippen LogP contribution in [-0.4, -0.2) is 23.7 Å². The van der Waals surface area contributed by atoms with Gasteiger partial charge in [0.25, 0.3) is 10.0 Å². The first kappa shape index (κ1) is 13.6. The van der Waals surface area contributed by atoms with E-state index in [1.807, 2.05) is 4.72 Å². The van der Waals surface area contributed by atoms with E-state index in [2.05, 4.69) is 10.2 Å². The van der Waals surface area contributed by atoms with Crippen LogP contribution in [0.25, 0.3) is 0 Å². The van der Waals surface area contributed by atoms with Gasteiger partial charge in [-0.15, -0.1) is 0 Å². The van der Waals surface area contributed by atoms with E-state index in [9.17, 15) is 17.9 Å². The van der Waals surface area contributed by atoms with E-state index >= 15 is 0 Å². The van der Waals surface area contributed by atoms with E-state index in [4.69, 9.17) is 11.6 Å². The zero-order chi connectivity index (χ0) is 14.2. The van der Waals surface area contributed by atoms with Gasteiger partial charge in [0.2, 0.25) is 0 Å². The lowest BCUT2D eigenvalue weighted by Crippen LogP contribution is -2.13. The minimum absolute atomic E-state index is 0.104. The van der Waals surface area contributed by atoms with E-state index in [0.29, 0.717) is 5.69 Å². The van der Waals surface area contributed by atoms with Crippen LogP contribution in [0.1, 0.15) is 5.69 Å². The molecule has 3 N–H and O–H groups in total. The molecule has 0 aliphatic carbocycles. The first-order chi connectivity index (χ1) is 8.81. The van der Waals surface area contributed by atoms with Crippen LogP contribution in [0.2, 0.25) is 5.02 Å². The van der Waals surface area contributed by atoms with Crippen molar-refractivity contribution in [3.63, 3.8) is 0 Å². The summed E-state index contributed by atoms with van der Waals surface area (Å²) in [6.07, 6.45) is 1.11. The minimum Gasteiger partial charge on any atom is -0.504 e. The number of phenolic OH excluding ortho intramolecular Hbond substituents is 1. The predicted molar refractivity (Wildman–Crippen MR) is 67.2 cm³/mol. The number of rotatable bonds is 3. The molecule has 19 heavy (non-hydrogen) atoms. The number of sulfonamides is 1. The Morgan fingerprint density at radius 3 is 2.74 bits per heavy atom. The van der Waals surface area contributed by atoms with E-state index in [1.165, 1.54) is 6.92 Å². The van der Waals surface area contributed by atoms with Crippen molar-refractivity contribution >= 4 is 27.3 Å². The molecule has 9 heteroatoms. The van der Waals surface area contributed by atoms with Crippen LogP contribution in [0.5, 0.6) is 5.75 Å². The summed E-state index contributed by atoms with van der Waals surface area (Å²) in [5, 5.41) is 15.4. The van der Waals surface area contributed by atoms with Gasteiger partial charge in [0.1, 0.15) is 10.7 Å². The van der Waals surface area contributed by atoms with Crippen LogP contribution in [0.4, 0.5) is 10.1 Å². The second kappa shape index (κ2) is 4.71. The standard InChI is InChI=1S/C10H9ClFN3O3S/c1-5-9(4-13-14-5)19(17,18)15-8-3-6(12)2-7(11)10(8)16/h2-4,15-16H,1H3,(H,13,14). The van der Waals surface area contributed by atoms with Crippen LogP contribution >= 0.6 is 11.6 Å². The molecule has 102 valence electrons. The smallest absolute Gasteiger partial charge is 0.265 e. The van der Waals surface area contributed by atoms with Crippen molar-refractivity contribution < 1.29 is 17.9 Å². The third kappa shape index (κ3) is 2.64. The molecule has 0 radical (unpaired) electrons. The number of nitrogens with zero attached hydrogens (tertiary/aromatic N) is 1. The fraction of sp³-hybridized carbons (Fsp3) is 0.100. The van der Waals surface area contributed by atoms with E-state index in [0.717, 1.165) is 18.3 Å². The van der Waals surface area contributed by atoms with Crippen molar-refractivity contribution in [3.05, 3.63) is 34.9 Å². The average molecular weight is 306 g/mol. The number of anilines is 1. The third-order valence-corrected chi connectivity index (χ3v) is 4.11. The number of aromatic amines is 1. The van der Waals surface area contributed by atoms with Crippen molar-refractivity contribution in [3.8, 4) is 5.75 Å². The second-order valence-corrected chi connectivity index (χ2v) is 5.81. The Bertz CT molecular complexity index is 730. The lowest BCUT2D eigenvalue weighted by molar-refractivity contribution is 0.476. The molecule has 6 nitrogen and oxygen atoms in total. The summed E-state index contributed by atoms with van der Waals surface area (Å²) in [5.41, 5.74) is -0.0277. The van der Waals surface area contributed by atoms with E-state index in [1.54, 1.807) is 0 Å². The molecule has 1 aromatic heterocycles. The van der Waals surface area contributed by atoms with Crippen LogP contribution < -0.4 is 4.72 Å². The Kier molecular flexibility index (Phi) is 3.38. The van der Waals surface area contributed by atoms with Crippen molar-refractivity contribution in [1.82, 2.24) is 10.2 Å². The molecule has 0 saturated heterocycles. The number of phenols is 1. The highest BCUT2D eigenvalue weighted by molar-refractivity contribution is 7.92. The quantitative estimate of drug-likeness (QED) is 0.756. The van der Waals surface area contributed by atoms with Crippen LogP contribution in [0, 0.1) is 12.7 Å². The number of aromatic nitrogens is 2. The molecule has 0 amide bonds. The number of H-pyrrole nitrogens is 1. The molecule has 0 aliphatic rings. The summed E-state index contributed by atoms with van der Waals surface area (Å²) < 4.78 is 39.2. The monoisotopic (exact) mass is 305 g/mol. The summed E-state index contributed by atoms with van der Waals surface area (Å²) in [4.78, 5) is -0.104. The maximum atomic E-state index is 13.2. The molecule has 1 aromatic carbocycles. The highest BCUT2D eigenvalue weighted by atomic mass is 35.5. The number of benzene rings is 1. The molecule has 0 saturated carbocycles. The van der Waals surface area contributed by atoms with Crippen molar-refractivity contribution in [2.45, 2.75) is 11.8 Å². The number of hydrogen-bond donors (Lipinski definition) is 3. The SMILES string of the molecule is Cc1[nH]ncc1S(=O)(=O)Nc1cc(F)cc(Cl)c1O. The van der Waals surface area contributed by atoms with Gasteiger partial charge in [-0.3, -0.25) is 9.82 Å². The zero-order valence-corrected chi connectivity index (χ0v) is 11.2. The number of nitrogens with one attached hydrogen (secondary N) is 2. The molecule has 2 aromatic rings. The summed E-state index contributed by atoms with van der Waals surface area (Å²) in [7, 11) is -3.99. The molecule has 1 heterocycles. The van der Waals surface area contributed by atoms with E-state index in [-0.39, 0.29) is 15.6 Å². The maximum Gasteiger partial charge on any atom is 0.265 e. The number of aromatic hydroxyl groups is 1. The van der Waals surface area contributed by atoms with Gasteiger partial charge in [-0.05, 0) is 13.0 Å². The molecule has 0 unspecified atom stereocenters. The molecule has 0 aliphatic heterocycles. The second-order valence-electron chi connectivity index (χ2n) is 3.75. The van der Waals surface area contributed by atoms with E-state index < -0.39 is 21.6 Å². The van der Waals surface area contributed by atoms with Gasteiger partial charge < -0.3 is 5.11 Å². The predicted octanol–water partition coefficient (Wildman–Crippen LogP) is 2.02. The summed E-state index contributed by atoms with van der Waals surface area (Å²) in [6, 6.07) is 1.70. The first-order valence-corrected chi connectivity index (χ1v) is 6.88. The number of aryl methyl sites for hydroxylation is 1. The Hall–Kier alpha value is -1.80. The fourth-order valence-electron chi connectivity index (χ4n) is 1.45. The Labute approximate surface area is 113 Å². The Morgan fingerprint density at radius 2 is 2.16 bits per heavy atom. The molecule has 0 spiro atoms. The van der Waals surface area contributed by atoms with Crippen LogP contribution in [0.15, 0.2) is 23.2 Å². The van der Waals surface area contributed by atoms with Crippen molar-refractivity contribution in [1.29, 1.82) is 0 Å². The normalized spacial score (nSPS) is 11.5. The zero-order valence-electron chi connectivity index (χ0n) is 9.61. The van der Waals surface area contributed by atoms with Gasteiger partial charge in [0.15, 0.2) is 5.75 Å². The van der Waals surface area contributed by atoms with Crippen LogP contribution in [-0.2, 0) is 10.0 Å². The third-order valence-electron chi connectivity index (χ3n) is 2.35. The highest BCUT2D eigenvalue weighted by Crippen LogP contribution is 2.34. The largest absolute Gasteiger partial charge is 0.504 e. The Morgan fingerprint density at radius 1 is 1.47 bits per heavy atom. The van der Waals surface area contributed by atoms with Gasteiger partial charge in [-0.1, -0.05) is 11.6 Å². The first-order valence-electron chi connectivity index (χ1n) is 5.02. The molecule has 0 atom stereocenters. The van der Waals surface area contributed by atoms with Gasteiger partial charge in [0.05, 0.1) is 22.6 Å². The van der Waals surface area contributed by atoms with Gasteiger partial charge in [-0.25, -0.2) is 12.8 Å². The highest BCUT2D eigenvalue weighted by Gasteiger charge is 2.21. The molecule has 0 fully saturated rings. The topological polar surface area (TPSA) is 95.1 Å². The number of hydrogen-bond acceptors (Lipinski definition) is 4. The van der Waals surface area contributed by atoms with Gasteiger partial charge in [0, 0.05) is 6.07 Å². The molecule has 2 rings (SSSR count). The summed E-state index contributed by atoms with van der Waals surface area (Å²) in [6.45, 7) is 1.51. The van der Waals surface area contributed by atoms with Crippen LogP contribution in [0.3, 0.4) is 0 Å². The maximum absolute atomic E-state index is 13.2. The minimum atomic E-state index is -3.99. The summed E-state index contributed by atoms with van der Waals surface area (Å²) >= 11 is 5.56. The number of halogens is 2. The lowest BCUT2D eigenvalue weighted by Gasteiger charge is -2.10. The molecular weight excluding hydrogens is 297 g/mol. The fourth-order valence-corrected chi connectivity index (χ4v) is 2.86. The lowest BCUT2D eigenvalue weighted by atomic mass is 10.3. The van der Waals surface area contributed by atoms with Crippen molar-refractivity contribution in [2.24, 2.45) is 0 Å². The molecular formula is C10H9ClFN3O3S. The van der Waals surface area contributed by atoms with Gasteiger partial charge in [-0.2, -0.15) is 5.10 Å². The van der Waals surface area contributed by atoms with Gasteiger partial charge >= 0.3 is 0 Å². The Balaban J connectivity index is 2.45. The average Bonchev–Trinajstić information content (AvgIpc) is 2.72. The summed E-state index contributed by atoms with van der Waals surface area (Å²) in [5.74, 6) is -1.32.